The van der Waals surface area contributed by atoms with Crippen LogP contribution in [0.2, 0.25) is 0 Å². The molecule has 0 unspecified atom stereocenters. The van der Waals surface area contributed by atoms with Gasteiger partial charge in [-0.15, -0.1) is 0 Å². The molecule has 1 aromatic rings. The molecule has 0 aliphatic carbocycles. The number of nitrogens with zero attached hydrogens (tertiary/aromatic N) is 1. The van der Waals surface area contributed by atoms with Crippen LogP contribution in [0.4, 0.5) is 0 Å². The maximum absolute atomic E-state index is 11.3. The summed E-state index contributed by atoms with van der Waals surface area (Å²) in [5.74, 6) is 0.0171. The van der Waals surface area contributed by atoms with Crippen molar-refractivity contribution in [1.82, 2.24) is 0 Å². The molecule has 0 atom stereocenters. The van der Waals surface area contributed by atoms with Crippen LogP contribution in [0.15, 0.2) is 18.2 Å². The van der Waals surface area contributed by atoms with Gasteiger partial charge >= 0.3 is 0 Å². The molecule has 0 amide bonds. The van der Waals surface area contributed by atoms with Crippen molar-refractivity contribution in [2.45, 2.75) is 31.9 Å². The second-order valence-electron chi connectivity index (χ2n) is 5.01. The van der Waals surface area contributed by atoms with Gasteiger partial charge in [-0.1, -0.05) is 23.8 Å². The Kier molecular flexibility index (Phi) is 3.63. The van der Waals surface area contributed by atoms with Gasteiger partial charge in [0.25, 0.3) is 0 Å². The first-order chi connectivity index (χ1) is 7.64. The Bertz CT molecular complexity index is 566. The second kappa shape index (κ2) is 4.50. The van der Waals surface area contributed by atoms with Crippen LogP contribution in [0.25, 0.3) is 0 Å². The Morgan fingerprint density at radius 2 is 1.88 bits per heavy atom. The number of sulfone groups is 1. The Morgan fingerprint density at radius 3 is 2.35 bits per heavy atom. The SMILES string of the molecule is Cc1cc(CS(C)(=O)=O)cc(C(C)(C)C#N)c1. The van der Waals surface area contributed by atoms with E-state index < -0.39 is 15.3 Å². The molecule has 4 heteroatoms. The Labute approximate surface area is 103 Å². The predicted octanol–water partition coefficient (Wildman–Crippen LogP) is 2.34. The quantitative estimate of drug-likeness (QED) is 0.828. The normalized spacial score (nSPS) is 12.2. The average Bonchev–Trinajstić information content (AvgIpc) is 2.14. The summed E-state index contributed by atoms with van der Waals surface area (Å²) in [5, 5.41) is 9.09. The lowest BCUT2D eigenvalue weighted by atomic mass is 9.85. The van der Waals surface area contributed by atoms with Crippen molar-refractivity contribution >= 4 is 9.84 Å². The van der Waals surface area contributed by atoms with Gasteiger partial charge in [-0.05, 0) is 31.9 Å². The van der Waals surface area contributed by atoms with Crippen molar-refractivity contribution in [3.05, 3.63) is 34.9 Å². The molecule has 92 valence electrons. The van der Waals surface area contributed by atoms with E-state index in [0.29, 0.717) is 0 Å². The largest absolute Gasteiger partial charge is 0.229 e. The van der Waals surface area contributed by atoms with Gasteiger partial charge in [0.15, 0.2) is 9.84 Å². The highest BCUT2D eigenvalue weighted by Gasteiger charge is 2.20. The van der Waals surface area contributed by atoms with Crippen molar-refractivity contribution in [3.8, 4) is 6.07 Å². The van der Waals surface area contributed by atoms with E-state index in [4.69, 9.17) is 5.26 Å². The van der Waals surface area contributed by atoms with Gasteiger partial charge in [-0.2, -0.15) is 5.26 Å². The van der Waals surface area contributed by atoms with E-state index in [-0.39, 0.29) is 5.75 Å². The number of hydrogen-bond acceptors (Lipinski definition) is 3. The van der Waals surface area contributed by atoms with Crippen molar-refractivity contribution in [1.29, 1.82) is 5.26 Å². The summed E-state index contributed by atoms with van der Waals surface area (Å²) < 4.78 is 22.6. The molecule has 0 saturated carbocycles. The van der Waals surface area contributed by atoms with Gasteiger partial charge in [-0.3, -0.25) is 0 Å². The van der Waals surface area contributed by atoms with E-state index >= 15 is 0 Å². The molecule has 1 aromatic carbocycles. The number of aryl methyl sites for hydroxylation is 1. The first-order valence-electron chi connectivity index (χ1n) is 5.34. The first kappa shape index (κ1) is 13.7. The lowest BCUT2D eigenvalue weighted by molar-refractivity contribution is 0.601. The first-order valence-corrected chi connectivity index (χ1v) is 7.40. The van der Waals surface area contributed by atoms with E-state index in [1.165, 1.54) is 6.26 Å². The maximum Gasteiger partial charge on any atom is 0.151 e. The molecule has 0 fully saturated rings. The zero-order valence-corrected chi connectivity index (χ0v) is 11.4. The summed E-state index contributed by atoms with van der Waals surface area (Å²) in [5.41, 5.74) is 1.98. The molecule has 0 bridgehead atoms. The predicted molar refractivity (Wildman–Crippen MR) is 68.4 cm³/mol. The zero-order valence-electron chi connectivity index (χ0n) is 10.6. The molecule has 17 heavy (non-hydrogen) atoms. The summed E-state index contributed by atoms with van der Waals surface area (Å²) in [6, 6.07) is 7.80. The summed E-state index contributed by atoms with van der Waals surface area (Å²) >= 11 is 0. The van der Waals surface area contributed by atoms with E-state index in [1.807, 2.05) is 32.9 Å². The fraction of sp³-hybridized carbons (Fsp3) is 0.462. The van der Waals surface area contributed by atoms with Crippen LogP contribution in [0.3, 0.4) is 0 Å². The monoisotopic (exact) mass is 251 g/mol. The molecule has 0 spiro atoms. The third kappa shape index (κ3) is 3.86. The van der Waals surface area contributed by atoms with Crippen LogP contribution in [-0.4, -0.2) is 14.7 Å². The Balaban J connectivity index is 3.26. The average molecular weight is 251 g/mol. The highest BCUT2D eigenvalue weighted by atomic mass is 32.2. The van der Waals surface area contributed by atoms with Crippen LogP contribution < -0.4 is 0 Å². The molecule has 1 rings (SSSR count). The van der Waals surface area contributed by atoms with Crippen molar-refractivity contribution < 1.29 is 8.42 Å². The summed E-state index contributed by atoms with van der Waals surface area (Å²) in [4.78, 5) is 0. The van der Waals surface area contributed by atoms with E-state index in [1.54, 1.807) is 6.07 Å². The van der Waals surface area contributed by atoms with Crippen LogP contribution in [-0.2, 0) is 21.0 Å². The highest BCUT2D eigenvalue weighted by molar-refractivity contribution is 7.89. The van der Waals surface area contributed by atoms with Crippen molar-refractivity contribution in [3.63, 3.8) is 0 Å². The number of nitriles is 1. The second-order valence-corrected chi connectivity index (χ2v) is 7.15. The van der Waals surface area contributed by atoms with Crippen LogP contribution in [0.5, 0.6) is 0 Å². The lowest BCUT2D eigenvalue weighted by Gasteiger charge is -2.17. The molecular formula is C13H17NO2S. The molecule has 0 aliphatic heterocycles. The van der Waals surface area contributed by atoms with Gasteiger partial charge in [0.05, 0.1) is 17.2 Å². The Morgan fingerprint density at radius 1 is 1.29 bits per heavy atom. The minimum atomic E-state index is -3.05. The minimum Gasteiger partial charge on any atom is -0.229 e. The van der Waals surface area contributed by atoms with Crippen LogP contribution in [0.1, 0.15) is 30.5 Å². The van der Waals surface area contributed by atoms with Gasteiger partial charge in [0.1, 0.15) is 0 Å². The van der Waals surface area contributed by atoms with Crippen molar-refractivity contribution in [2.24, 2.45) is 0 Å². The summed E-state index contributed by atoms with van der Waals surface area (Å²) in [7, 11) is -3.05. The fourth-order valence-corrected chi connectivity index (χ4v) is 2.45. The third-order valence-corrected chi connectivity index (χ3v) is 3.42. The lowest BCUT2D eigenvalue weighted by Crippen LogP contribution is -2.15. The number of benzene rings is 1. The van der Waals surface area contributed by atoms with Crippen LogP contribution in [0, 0.1) is 18.3 Å². The van der Waals surface area contributed by atoms with E-state index in [9.17, 15) is 8.42 Å². The number of rotatable bonds is 3. The molecule has 0 aliphatic rings. The molecule has 0 radical (unpaired) electrons. The molecule has 0 saturated heterocycles. The smallest absolute Gasteiger partial charge is 0.151 e. The zero-order chi connectivity index (χ0) is 13.3. The summed E-state index contributed by atoms with van der Waals surface area (Å²) in [6.45, 7) is 5.56. The van der Waals surface area contributed by atoms with Gasteiger partial charge in [0.2, 0.25) is 0 Å². The fourth-order valence-electron chi connectivity index (χ4n) is 1.67. The topological polar surface area (TPSA) is 57.9 Å². The molecule has 0 N–H and O–H groups in total. The Hall–Kier alpha value is -1.34. The molecular weight excluding hydrogens is 234 g/mol. The van der Waals surface area contributed by atoms with E-state index in [0.717, 1.165) is 16.7 Å². The highest BCUT2D eigenvalue weighted by Crippen LogP contribution is 2.25. The molecule has 0 heterocycles. The van der Waals surface area contributed by atoms with Crippen molar-refractivity contribution in [2.75, 3.05) is 6.26 Å². The van der Waals surface area contributed by atoms with Crippen LogP contribution >= 0.6 is 0 Å². The maximum atomic E-state index is 11.3. The minimum absolute atomic E-state index is 0.0171. The van der Waals surface area contributed by atoms with E-state index in [2.05, 4.69) is 6.07 Å². The molecule has 3 nitrogen and oxygen atoms in total. The third-order valence-electron chi connectivity index (χ3n) is 2.57. The summed E-state index contributed by atoms with van der Waals surface area (Å²) in [6.07, 6.45) is 1.21. The number of hydrogen-bond donors (Lipinski definition) is 0. The van der Waals surface area contributed by atoms with Gasteiger partial charge in [-0.25, -0.2) is 8.42 Å². The van der Waals surface area contributed by atoms with Gasteiger partial charge in [0, 0.05) is 6.26 Å². The molecule has 0 aromatic heterocycles. The standard InChI is InChI=1S/C13H17NO2S/c1-10-5-11(8-17(4,15)16)7-12(6-10)13(2,3)9-14/h5-7H,8H2,1-4H3. The van der Waals surface area contributed by atoms with Gasteiger partial charge < -0.3 is 0 Å².